The van der Waals surface area contributed by atoms with E-state index in [1.165, 1.54) is 34.9 Å². The van der Waals surface area contributed by atoms with Gasteiger partial charge in [0.1, 0.15) is 5.75 Å². The summed E-state index contributed by atoms with van der Waals surface area (Å²) in [5.41, 5.74) is 1.13. The van der Waals surface area contributed by atoms with E-state index in [0.717, 1.165) is 0 Å². The molecule has 0 amide bonds. The second-order valence-electron chi connectivity index (χ2n) is 5.66. The molecular formula is C19H16F3N3O3. The van der Waals surface area contributed by atoms with Crippen LogP contribution in [0.5, 0.6) is 11.8 Å². The van der Waals surface area contributed by atoms with Crippen molar-refractivity contribution in [1.29, 1.82) is 0 Å². The van der Waals surface area contributed by atoms with E-state index in [0.29, 0.717) is 16.9 Å². The van der Waals surface area contributed by atoms with Gasteiger partial charge >= 0.3 is 12.2 Å². The van der Waals surface area contributed by atoms with E-state index in [-0.39, 0.29) is 18.4 Å². The van der Waals surface area contributed by atoms with Gasteiger partial charge in [0.2, 0.25) is 0 Å². The molecule has 6 nitrogen and oxygen atoms in total. The van der Waals surface area contributed by atoms with Crippen molar-refractivity contribution in [2.24, 2.45) is 0 Å². The number of ether oxygens (including phenoxy) is 2. The van der Waals surface area contributed by atoms with Gasteiger partial charge in [-0.15, -0.1) is 0 Å². The minimum absolute atomic E-state index is 0.0356. The summed E-state index contributed by atoms with van der Waals surface area (Å²) >= 11 is 0. The SMILES string of the molecule is CCOc1nc(-c2ccncc2)cc(=O)n1-c1ccc(OCC(F)(F)F)cc1. The van der Waals surface area contributed by atoms with Crippen LogP contribution in [0.25, 0.3) is 16.9 Å². The largest absolute Gasteiger partial charge is 0.484 e. The predicted octanol–water partition coefficient (Wildman–Crippen LogP) is 3.63. The number of rotatable bonds is 6. The predicted molar refractivity (Wildman–Crippen MR) is 95.8 cm³/mol. The number of hydrogen-bond acceptors (Lipinski definition) is 5. The molecule has 0 atom stereocenters. The zero-order chi connectivity index (χ0) is 20.1. The van der Waals surface area contributed by atoms with E-state index in [9.17, 15) is 18.0 Å². The van der Waals surface area contributed by atoms with Crippen molar-refractivity contribution in [3.05, 3.63) is 65.2 Å². The topological polar surface area (TPSA) is 66.2 Å². The average molecular weight is 391 g/mol. The maximum absolute atomic E-state index is 12.7. The van der Waals surface area contributed by atoms with E-state index in [1.807, 2.05) is 0 Å². The Bertz CT molecular complexity index is 987. The molecule has 0 aliphatic carbocycles. The van der Waals surface area contributed by atoms with Gasteiger partial charge in [-0.1, -0.05) is 0 Å². The van der Waals surface area contributed by atoms with Crippen LogP contribution in [0.1, 0.15) is 6.92 Å². The fourth-order valence-corrected chi connectivity index (χ4v) is 2.45. The minimum atomic E-state index is -4.43. The number of hydrogen-bond donors (Lipinski definition) is 0. The first-order chi connectivity index (χ1) is 13.4. The fraction of sp³-hybridized carbons (Fsp3) is 0.211. The molecule has 0 bridgehead atoms. The summed E-state index contributed by atoms with van der Waals surface area (Å²) in [6.45, 7) is 0.640. The Balaban J connectivity index is 1.96. The first kappa shape index (κ1) is 19.4. The third-order valence-electron chi connectivity index (χ3n) is 3.63. The Morgan fingerprint density at radius 2 is 1.71 bits per heavy atom. The van der Waals surface area contributed by atoms with Gasteiger partial charge in [0, 0.05) is 24.0 Å². The minimum Gasteiger partial charge on any atom is -0.484 e. The highest BCUT2D eigenvalue weighted by molar-refractivity contribution is 5.58. The van der Waals surface area contributed by atoms with Crippen LogP contribution in [0, 0.1) is 0 Å². The molecule has 0 spiro atoms. The lowest BCUT2D eigenvalue weighted by Gasteiger charge is -2.14. The van der Waals surface area contributed by atoms with Crippen LogP contribution in [-0.4, -0.2) is 33.9 Å². The lowest BCUT2D eigenvalue weighted by molar-refractivity contribution is -0.153. The summed E-state index contributed by atoms with van der Waals surface area (Å²) in [5.74, 6) is 0.0356. The molecule has 0 saturated carbocycles. The number of halogens is 3. The number of pyridine rings is 1. The van der Waals surface area contributed by atoms with E-state index < -0.39 is 18.3 Å². The fourth-order valence-electron chi connectivity index (χ4n) is 2.45. The molecule has 0 fully saturated rings. The molecule has 0 unspecified atom stereocenters. The lowest BCUT2D eigenvalue weighted by Crippen LogP contribution is -2.22. The highest BCUT2D eigenvalue weighted by atomic mass is 19.4. The summed E-state index contributed by atoms with van der Waals surface area (Å²) in [6, 6.07) is 10.5. The molecular weight excluding hydrogens is 375 g/mol. The van der Waals surface area contributed by atoms with Crippen molar-refractivity contribution < 1.29 is 22.6 Å². The summed E-state index contributed by atoms with van der Waals surface area (Å²) in [6.07, 6.45) is -1.25. The third kappa shape index (κ3) is 4.67. The summed E-state index contributed by atoms with van der Waals surface area (Å²) in [4.78, 5) is 21.0. The van der Waals surface area contributed by atoms with Crippen molar-refractivity contribution in [3.63, 3.8) is 0 Å². The summed E-state index contributed by atoms with van der Waals surface area (Å²) in [7, 11) is 0. The normalized spacial score (nSPS) is 11.3. The number of aromatic nitrogens is 3. The average Bonchev–Trinajstić information content (AvgIpc) is 2.67. The van der Waals surface area contributed by atoms with Gasteiger partial charge in [-0.25, -0.2) is 4.57 Å². The van der Waals surface area contributed by atoms with Crippen molar-refractivity contribution in [2.75, 3.05) is 13.2 Å². The summed E-state index contributed by atoms with van der Waals surface area (Å²) < 4.78 is 48.2. The van der Waals surface area contributed by atoms with Crippen molar-refractivity contribution >= 4 is 0 Å². The van der Waals surface area contributed by atoms with Gasteiger partial charge in [0.05, 0.1) is 18.0 Å². The van der Waals surface area contributed by atoms with E-state index in [4.69, 9.17) is 4.74 Å². The standard InChI is InChI=1S/C19H16F3N3O3/c1-2-27-18-24-16(13-7-9-23-10-8-13)11-17(26)25(18)14-3-5-15(6-4-14)28-12-19(20,21)22/h3-11H,2,12H2,1H3. The van der Waals surface area contributed by atoms with Gasteiger partial charge < -0.3 is 9.47 Å². The molecule has 146 valence electrons. The molecule has 1 aromatic carbocycles. The Kier molecular flexibility index (Phi) is 5.62. The molecule has 3 rings (SSSR count). The molecule has 0 N–H and O–H groups in total. The zero-order valence-corrected chi connectivity index (χ0v) is 14.8. The molecule has 0 aliphatic heterocycles. The van der Waals surface area contributed by atoms with Crippen molar-refractivity contribution in [1.82, 2.24) is 14.5 Å². The van der Waals surface area contributed by atoms with Crippen LogP contribution in [0.3, 0.4) is 0 Å². The van der Waals surface area contributed by atoms with Gasteiger partial charge in [-0.2, -0.15) is 18.2 Å². The Morgan fingerprint density at radius 1 is 1.04 bits per heavy atom. The molecule has 3 aromatic rings. The first-order valence-corrected chi connectivity index (χ1v) is 8.34. The van der Waals surface area contributed by atoms with Gasteiger partial charge in [0.25, 0.3) is 5.56 Å². The molecule has 0 radical (unpaired) electrons. The van der Waals surface area contributed by atoms with Gasteiger partial charge in [0.15, 0.2) is 6.61 Å². The van der Waals surface area contributed by atoms with Crippen LogP contribution in [-0.2, 0) is 0 Å². The monoisotopic (exact) mass is 391 g/mol. The molecule has 9 heteroatoms. The second-order valence-corrected chi connectivity index (χ2v) is 5.66. The third-order valence-corrected chi connectivity index (χ3v) is 3.63. The van der Waals surface area contributed by atoms with E-state index >= 15 is 0 Å². The van der Waals surface area contributed by atoms with Gasteiger partial charge in [-0.05, 0) is 43.3 Å². The molecule has 0 aliphatic rings. The Labute approximate surface area is 158 Å². The van der Waals surface area contributed by atoms with Gasteiger partial charge in [-0.3, -0.25) is 9.78 Å². The quantitative estimate of drug-likeness (QED) is 0.642. The highest BCUT2D eigenvalue weighted by Crippen LogP contribution is 2.23. The Morgan fingerprint density at radius 3 is 2.32 bits per heavy atom. The van der Waals surface area contributed by atoms with Crippen molar-refractivity contribution in [3.8, 4) is 28.7 Å². The molecule has 2 aromatic heterocycles. The highest BCUT2D eigenvalue weighted by Gasteiger charge is 2.28. The van der Waals surface area contributed by atoms with E-state index in [1.54, 1.807) is 31.5 Å². The maximum Gasteiger partial charge on any atom is 0.422 e. The Hall–Kier alpha value is -3.36. The summed E-state index contributed by atoms with van der Waals surface area (Å²) in [5, 5.41) is 0. The lowest BCUT2D eigenvalue weighted by atomic mass is 10.2. The molecule has 0 saturated heterocycles. The molecule has 28 heavy (non-hydrogen) atoms. The zero-order valence-electron chi connectivity index (χ0n) is 14.8. The van der Waals surface area contributed by atoms with Crippen LogP contribution in [0.15, 0.2) is 59.7 Å². The number of nitrogens with zero attached hydrogens (tertiary/aromatic N) is 3. The number of alkyl halides is 3. The molecule has 2 heterocycles. The number of benzene rings is 1. The first-order valence-electron chi connectivity index (χ1n) is 8.34. The van der Waals surface area contributed by atoms with Crippen molar-refractivity contribution in [2.45, 2.75) is 13.1 Å². The van der Waals surface area contributed by atoms with Crippen LogP contribution in [0.2, 0.25) is 0 Å². The smallest absolute Gasteiger partial charge is 0.422 e. The van der Waals surface area contributed by atoms with Crippen LogP contribution < -0.4 is 15.0 Å². The van der Waals surface area contributed by atoms with Crippen LogP contribution in [0.4, 0.5) is 13.2 Å². The van der Waals surface area contributed by atoms with Crippen LogP contribution >= 0.6 is 0 Å². The van der Waals surface area contributed by atoms with E-state index in [2.05, 4.69) is 14.7 Å². The second kappa shape index (κ2) is 8.12. The maximum atomic E-state index is 12.7.